The van der Waals surface area contributed by atoms with Crippen LogP contribution in [0.2, 0.25) is 0 Å². The van der Waals surface area contributed by atoms with Crippen molar-refractivity contribution in [2.24, 2.45) is 0 Å². The summed E-state index contributed by atoms with van der Waals surface area (Å²) in [5.41, 5.74) is 4.05. The monoisotopic (exact) mass is 330 g/mol. The fraction of sp³-hybridized carbons (Fsp3) is 0.350. The topological polar surface area (TPSA) is 66.8 Å². The molecule has 0 aromatic heterocycles. The van der Waals surface area contributed by atoms with E-state index in [4.69, 9.17) is 9.84 Å². The summed E-state index contributed by atoms with van der Waals surface area (Å²) in [5, 5.41) is 18.7. The average Bonchev–Trinajstić information content (AvgIpc) is 2.50. The van der Waals surface area contributed by atoms with E-state index in [2.05, 4.69) is 0 Å². The number of hydrogen-bond donors (Lipinski definition) is 2. The minimum atomic E-state index is -0.850. The molecule has 0 unspecified atom stereocenters. The Morgan fingerprint density at radius 2 is 1.38 bits per heavy atom. The summed E-state index contributed by atoms with van der Waals surface area (Å²) < 4.78 is 5.96. The zero-order chi connectivity index (χ0) is 18.4. The molecule has 2 aromatic rings. The third-order valence-electron chi connectivity index (χ3n) is 3.56. The largest absolute Gasteiger partial charge is 0.507 e. The van der Waals surface area contributed by atoms with E-state index in [1.54, 1.807) is 12.1 Å². The molecular weight excluding hydrogens is 304 g/mol. The van der Waals surface area contributed by atoms with Gasteiger partial charge in [-0.3, -0.25) is 4.79 Å². The molecule has 0 heterocycles. The van der Waals surface area contributed by atoms with Crippen LogP contribution in [0.4, 0.5) is 0 Å². The molecule has 0 bridgehead atoms. The summed E-state index contributed by atoms with van der Waals surface area (Å²) >= 11 is 0. The zero-order valence-corrected chi connectivity index (χ0v) is 15.2. The van der Waals surface area contributed by atoms with E-state index in [1.807, 2.05) is 53.7 Å². The van der Waals surface area contributed by atoms with Crippen LogP contribution in [0.15, 0.2) is 24.3 Å². The van der Waals surface area contributed by atoms with Crippen LogP contribution in [-0.2, 0) is 11.2 Å². The Morgan fingerprint density at radius 1 is 0.917 bits per heavy atom. The lowest BCUT2D eigenvalue weighted by Crippen LogP contribution is -2.02. The van der Waals surface area contributed by atoms with Crippen molar-refractivity contribution in [1.29, 1.82) is 0 Å². The first-order valence-electron chi connectivity index (χ1n) is 8.08. The van der Waals surface area contributed by atoms with Crippen LogP contribution in [0.1, 0.15) is 41.7 Å². The first-order valence-corrected chi connectivity index (χ1v) is 8.08. The second-order valence-electron chi connectivity index (χ2n) is 5.64. The molecule has 0 amide bonds. The number of ether oxygens (including phenoxy) is 1. The number of hydrogen-bond acceptors (Lipinski definition) is 3. The van der Waals surface area contributed by atoms with Gasteiger partial charge in [-0.25, -0.2) is 0 Å². The van der Waals surface area contributed by atoms with Crippen LogP contribution < -0.4 is 4.74 Å². The molecule has 4 nitrogen and oxygen atoms in total. The van der Waals surface area contributed by atoms with E-state index in [0.29, 0.717) is 5.75 Å². The van der Waals surface area contributed by atoms with E-state index in [0.717, 1.165) is 33.6 Å². The van der Waals surface area contributed by atoms with Crippen molar-refractivity contribution in [2.75, 3.05) is 0 Å². The van der Waals surface area contributed by atoms with Crippen LogP contribution in [0.5, 0.6) is 17.2 Å². The lowest BCUT2D eigenvalue weighted by Gasteiger charge is -2.15. The predicted octanol–water partition coefficient (Wildman–Crippen LogP) is 5.07. The van der Waals surface area contributed by atoms with Gasteiger partial charge in [-0.05, 0) is 67.6 Å². The van der Waals surface area contributed by atoms with Gasteiger partial charge < -0.3 is 14.9 Å². The van der Waals surface area contributed by atoms with Crippen LogP contribution in [0.25, 0.3) is 0 Å². The molecule has 130 valence electrons. The van der Waals surface area contributed by atoms with Crippen LogP contribution in [0, 0.1) is 27.7 Å². The van der Waals surface area contributed by atoms with Gasteiger partial charge in [0.2, 0.25) is 0 Å². The second-order valence-corrected chi connectivity index (χ2v) is 5.64. The molecule has 0 radical (unpaired) electrons. The molecule has 2 aromatic carbocycles. The third-order valence-corrected chi connectivity index (χ3v) is 3.56. The Labute approximate surface area is 143 Å². The van der Waals surface area contributed by atoms with E-state index >= 15 is 0 Å². The predicted molar refractivity (Wildman–Crippen MR) is 96.3 cm³/mol. The molecule has 2 rings (SSSR count). The molecule has 2 N–H and O–H groups in total. The number of carboxylic acids is 1. The number of benzene rings is 2. The minimum Gasteiger partial charge on any atom is -0.507 e. The van der Waals surface area contributed by atoms with Gasteiger partial charge in [0.1, 0.15) is 17.2 Å². The van der Waals surface area contributed by atoms with Crippen LogP contribution in [0.3, 0.4) is 0 Å². The molecule has 0 aliphatic rings. The Bertz CT molecular complexity index is 686. The fourth-order valence-electron chi connectivity index (χ4n) is 2.57. The first-order chi connectivity index (χ1) is 11.3. The molecule has 0 aliphatic carbocycles. The fourth-order valence-corrected chi connectivity index (χ4v) is 2.57. The van der Waals surface area contributed by atoms with Crippen molar-refractivity contribution in [3.63, 3.8) is 0 Å². The van der Waals surface area contributed by atoms with Crippen LogP contribution >= 0.6 is 0 Å². The molecule has 0 fully saturated rings. The number of aryl methyl sites for hydroxylation is 4. The summed E-state index contributed by atoms with van der Waals surface area (Å²) in [7, 11) is 0. The van der Waals surface area contributed by atoms with Crippen molar-refractivity contribution >= 4 is 5.97 Å². The maximum atomic E-state index is 10.8. The number of phenolic OH excluding ortho intramolecular Hbond substituents is 1. The standard InChI is InChI=1S/C18H20O4.C2H6/c1-10-7-15(8-11(2)17(10)21)22-18-12(3)5-14(6-13(18)4)9-16(19)20;1-2/h5-8,21H,9H2,1-4H3,(H,19,20);1-2H3. The van der Waals surface area contributed by atoms with Gasteiger partial charge in [0.25, 0.3) is 0 Å². The van der Waals surface area contributed by atoms with Crippen molar-refractivity contribution in [1.82, 2.24) is 0 Å². The SMILES string of the molecule is CC.Cc1cc(Oc2c(C)cc(CC(=O)O)cc2C)cc(C)c1O. The highest BCUT2D eigenvalue weighted by atomic mass is 16.5. The number of carbonyl (C=O) groups is 1. The Balaban J connectivity index is 0.00000139. The molecule has 0 aliphatic heterocycles. The van der Waals surface area contributed by atoms with Crippen molar-refractivity contribution in [2.45, 2.75) is 48.0 Å². The van der Waals surface area contributed by atoms with E-state index < -0.39 is 5.97 Å². The first kappa shape index (κ1) is 19.6. The summed E-state index contributed by atoms with van der Waals surface area (Å²) in [4.78, 5) is 10.8. The lowest BCUT2D eigenvalue weighted by molar-refractivity contribution is -0.136. The Hall–Kier alpha value is -2.49. The van der Waals surface area contributed by atoms with Gasteiger partial charge in [0.15, 0.2) is 0 Å². The normalized spacial score (nSPS) is 9.92. The van der Waals surface area contributed by atoms with Gasteiger partial charge in [-0.1, -0.05) is 26.0 Å². The van der Waals surface area contributed by atoms with E-state index in [-0.39, 0.29) is 12.2 Å². The minimum absolute atomic E-state index is 0.000609. The maximum Gasteiger partial charge on any atom is 0.307 e. The van der Waals surface area contributed by atoms with Crippen molar-refractivity contribution in [3.8, 4) is 17.2 Å². The van der Waals surface area contributed by atoms with Gasteiger partial charge in [-0.2, -0.15) is 0 Å². The van der Waals surface area contributed by atoms with Gasteiger partial charge >= 0.3 is 5.97 Å². The summed E-state index contributed by atoms with van der Waals surface area (Å²) in [6.07, 6.45) is -0.000609. The van der Waals surface area contributed by atoms with E-state index in [1.165, 1.54) is 0 Å². The highest BCUT2D eigenvalue weighted by molar-refractivity contribution is 5.70. The number of aromatic hydroxyl groups is 1. The summed E-state index contributed by atoms with van der Waals surface area (Å²) in [6.45, 7) is 11.4. The van der Waals surface area contributed by atoms with Gasteiger partial charge in [-0.15, -0.1) is 0 Å². The second kappa shape index (κ2) is 8.39. The summed E-state index contributed by atoms with van der Waals surface area (Å²) in [5.74, 6) is 0.804. The molecular formula is C20H26O4. The lowest BCUT2D eigenvalue weighted by atomic mass is 10.0. The smallest absolute Gasteiger partial charge is 0.307 e. The van der Waals surface area contributed by atoms with Crippen LogP contribution in [-0.4, -0.2) is 16.2 Å². The maximum absolute atomic E-state index is 10.8. The number of rotatable bonds is 4. The molecule has 0 saturated carbocycles. The Kier molecular flexibility index (Phi) is 6.83. The number of carboxylic acid groups (broad SMARTS) is 1. The average molecular weight is 330 g/mol. The van der Waals surface area contributed by atoms with Gasteiger partial charge in [0.05, 0.1) is 6.42 Å². The van der Waals surface area contributed by atoms with Crippen molar-refractivity contribution < 1.29 is 19.7 Å². The molecule has 24 heavy (non-hydrogen) atoms. The quantitative estimate of drug-likeness (QED) is 0.821. The molecule has 0 atom stereocenters. The Morgan fingerprint density at radius 3 is 1.79 bits per heavy atom. The number of aliphatic carboxylic acids is 1. The molecule has 4 heteroatoms. The van der Waals surface area contributed by atoms with Gasteiger partial charge in [0, 0.05) is 0 Å². The molecule has 0 spiro atoms. The molecule has 0 saturated heterocycles. The highest BCUT2D eigenvalue weighted by Gasteiger charge is 2.11. The highest BCUT2D eigenvalue weighted by Crippen LogP contribution is 2.33. The summed E-state index contributed by atoms with van der Waals surface area (Å²) in [6, 6.07) is 7.23. The number of phenols is 1. The van der Waals surface area contributed by atoms with E-state index in [9.17, 15) is 9.90 Å². The zero-order valence-electron chi connectivity index (χ0n) is 15.2. The van der Waals surface area contributed by atoms with Crippen molar-refractivity contribution in [3.05, 3.63) is 52.1 Å². The third kappa shape index (κ3) is 4.75.